The van der Waals surface area contributed by atoms with Gasteiger partial charge >= 0.3 is 5.97 Å². The lowest BCUT2D eigenvalue weighted by Crippen LogP contribution is -2.59. The van der Waals surface area contributed by atoms with Crippen molar-refractivity contribution >= 4 is 5.97 Å². The standard InChI is InChI=1S/C22H24O7/c1-14-27-20-18(25-12-15-8-4-2-5-9-15)17(23)19(29-22(20)28-14)21(24)26-13-16-10-6-3-7-11-16/h2-11,14,17-20,22-23H,12-13H2,1H3/t14?,17-,18?,19?,20?,22-/m0/s1. The zero-order chi connectivity index (χ0) is 20.2. The van der Waals surface area contributed by atoms with Gasteiger partial charge in [0.05, 0.1) is 6.61 Å². The Morgan fingerprint density at radius 3 is 2.21 bits per heavy atom. The first-order valence-corrected chi connectivity index (χ1v) is 9.62. The largest absolute Gasteiger partial charge is 0.459 e. The molecule has 4 rings (SSSR count). The average Bonchev–Trinajstić information content (AvgIpc) is 3.12. The number of carbonyl (C=O) groups is 1. The number of aliphatic hydroxyl groups is 1. The lowest BCUT2D eigenvalue weighted by Gasteiger charge is -2.39. The van der Waals surface area contributed by atoms with Crippen molar-refractivity contribution in [2.24, 2.45) is 0 Å². The molecule has 0 radical (unpaired) electrons. The Kier molecular flexibility index (Phi) is 6.22. The minimum Gasteiger partial charge on any atom is -0.459 e. The van der Waals surface area contributed by atoms with Crippen LogP contribution in [0.15, 0.2) is 60.7 Å². The molecule has 29 heavy (non-hydrogen) atoms. The maximum atomic E-state index is 12.6. The molecular weight excluding hydrogens is 376 g/mol. The number of hydrogen-bond acceptors (Lipinski definition) is 7. The predicted molar refractivity (Wildman–Crippen MR) is 101 cm³/mol. The van der Waals surface area contributed by atoms with Gasteiger partial charge < -0.3 is 28.8 Å². The predicted octanol–water partition coefficient (Wildman–Crippen LogP) is 2.16. The van der Waals surface area contributed by atoms with Crippen molar-refractivity contribution in [3.8, 4) is 0 Å². The summed E-state index contributed by atoms with van der Waals surface area (Å²) in [4.78, 5) is 12.6. The third kappa shape index (κ3) is 4.66. The molecular formula is C22H24O7. The summed E-state index contributed by atoms with van der Waals surface area (Å²) in [6, 6.07) is 18.9. The highest BCUT2D eigenvalue weighted by molar-refractivity contribution is 5.75. The number of fused-ring (bicyclic) bond motifs is 1. The Morgan fingerprint density at radius 2 is 1.55 bits per heavy atom. The maximum absolute atomic E-state index is 12.6. The molecule has 0 aromatic heterocycles. The van der Waals surface area contributed by atoms with E-state index in [4.69, 9.17) is 23.7 Å². The molecule has 4 unspecified atom stereocenters. The van der Waals surface area contributed by atoms with E-state index < -0.39 is 43.0 Å². The second kappa shape index (κ2) is 9.02. The summed E-state index contributed by atoms with van der Waals surface area (Å²) in [6.45, 7) is 2.07. The summed E-state index contributed by atoms with van der Waals surface area (Å²) in [5.41, 5.74) is 1.79. The first kappa shape index (κ1) is 20.0. The van der Waals surface area contributed by atoms with E-state index in [0.717, 1.165) is 11.1 Å². The molecule has 2 aromatic rings. The van der Waals surface area contributed by atoms with E-state index in [1.54, 1.807) is 6.92 Å². The topological polar surface area (TPSA) is 83.5 Å². The lowest BCUT2D eigenvalue weighted by atomic mass is 9.98. The van der Waals surface area contributed by atoms with Gasteiger partial charge in [0.15, 0.2) is 18.7 Å². The Hall–Kier alpha value is -2.29. The number of esters is 1. The van der Waals surface area contributed by atoms with Crippen LogP contribution < -0.4 is 0 Å². The molecule has 0 aliphatic carbocycles. The fourth-order valence-corrected chi connectivity index (χ4v) is 3.48. The molecule has 7 heteroatoms. The van der Waals surface area contributed by atoms with Gasteiger partial charge in [-0.15, -0.1) is 0 Å². The van der Waals surface area contributed by atoms with Crippen molar-refractivity contribution in [3.63, 3.8) is 0 Å². The molecule has 2 fully saturated rings. The fraction of sp³-hybridized carbons (Fsp3) is 0.409. The number of rotatable bonds is 6. The first-order chi connectivity index (χ1) is 14.1. The van der Waals surface area contributed by atoms with Crippen LogP contribution in [-0.2, 0) is 41.7 Å². The van der Waals surface area contributed by atoms with E-state index in [2.05, 4.69) is 0 Å². The van der Waals surface area contributed by atoms with Crippen LogP contribution >= 0.6 is 0 Å². The van der Waals surface area contributed by atoms with Gasteiger partial charge in [-0.1, -0.05) is 60.7 Å². The number of ether oxygens (including phenoxy) is 5. The Bertz CT molecular complexity index is 797. The number of hydrogen-bond donors (Lipinski definition) is 1. The van der Waals surface area contributed by atoms with Crippen molar-refractivity contribution in [1.82, 2.24) is 0 Å². The highest BCUT2D eigenvalue weighted by atomic mass is 16.8. The van der Waals surface area contributed by atoms with Gasteiger partial charge in [0.1, 0.15) is 24.9 Å². The fourth-order valence-electron chi connectivity index (χ4n) is 3.48. The number of benzene rings is 2. The average molecular weight is 400 g/mol. The van der Waals surface area contributed by atoms with Crippen molar-refractivity contribution in [2.45, 2.75) is 57.1 Å². The summed E-state index contributed by atoms with van der Waals surface area (Å²) in [6.07, 6.45) is -5.26. The maximum Gasteiger partial charge on any atom is 0.338 e. The zero-order valence-corrected chi connectivity index (χ0v) is 16.0. The molecule has 154 valence electrons. The minimum atomic E-state index is -1.25. The number of carbonyl (C=O) groups excluding carboxylic acids is 1. The molecule has 0 bridgehead atoms. The second-order valence-electron chi connectivity index (χ2n) is 7.07. The summed E-state index contributed by atoms with van der Waals surface area (Å²) in [7, 11) is 0. The van der Waals surface area contributed by atoms with E-state index in [1.807, 2.05) is 60.7 Å². The van der Waals surface area contributed by atoms with Gasteiger partial charge in [-0.2, -0.15) is 0 Å². The van der Waals surface area contributed by atoms with Crippen LogP contribution in [-0.4, -0.2) is 48.1 Å². The van der Waals surface area contributed by atoms with Crippen LogP contribution in [0.3, 0.4) is 0 Å². The van der Waals surface area contributed by atoms with Crippen molar-refractivity contribution < 1.29 is 33.6 Å². The van der Waals surface area contributed by atoms with E-state index in [-0.39, 0.29) is 13.2 Å². The Labute approximate surface area is 169 Å². The van der Waals surface area contributed by atoms with E-state index in [9.17, 15) is 9.90 Å². The van der Waals surface area contributed by atoms with E-state index in [1.165, 1.54) is 0 Å². The quantitative estimate of drug-likeness (QED) is 0.744. The van der Waals surface area contributed by atoms with Crippen LogP contribution in [0.5, 0.6) is 0 Å². The molecule has 0 spiro atoms. The first-order valence-electron chi connectivity index (χ1n) is 9.62. The molecule has 2 aliphatic rings. The minimum absolute atomic E-state index is 0.0870. The van der Waals surface area contributed by atoms with Gasteiger partial charge in [-0.3, -0.25) is 0 Å². The molecule has 6 atom stereocenters. The summed E-state index contributed by atoms with van der Waals surface area (Å²) < 4.78 is 28.3. The molecule has 1 N–H and O–H groups in total. The lowest BCUT2D eigenvalue weighted by molar-refractivity contribution is -0.260. The highest BCUT2D eigenvalue weighted by Gasteiger charge is 2.54. The molecule has 0 saturated carbocycles. The third-order valence-corrected chi connectivity index (χ3v) is 4.94. The van der Waals surface area contributed by atoms with Crippen LogP contribution in [0.2, 0.25) is 0 Å². The van der Waals surface area contributed by atoms with E-state index >= 15 is 0 Å². The molecule has 2 heterocycles. The molecule has 2 aromatic carbocycles. The summed E-state index contributed by atoms with van der Waals surface area (Å²) in [5.74, 6) is -0.670. The zero-order valence-electron chi connectivity index (χ0n) is 16.0. The van der Waals surface area contributed by atoms with Crippen LogP contribution in [0, 0.1) is 0 Å². The third-order valence-electron chi connectivity index (χ3n) is 4.94. The van der Waals surface area contributed by atoms with Crippen LogP contribution in [0.25, 0.3) is 0 Å². The highest BCUT2D eigenvalue weighted by Crippen LogP contribution is 2.33. The van der Waals surface area contributed by atoms with Gasteiger partial charge in [-0.05, 0) is 18.1 Å². The van der Waals surface area contributed by atoms with Gasteiger partial charge in [-0.25, -0.2) is 4.79 Å². The Balaban J connectivity index is 1.44. The molecule has 2 aliphatic heterocycles. The van der Waals surface area contributed by atoms with Crippen LogP contribution in [0.4, 0.5) is 0 Å². The van der Waals surface area contributed by atoms with Crippen molar-refractivity contribution in [2.75, 3.05) is 0 Å². The van der Waals surface area contributed by atoms with Gasteiger partial charge in [0, 0.05) is 0 Å². The molecule has 0 amide bonds. The summed E-state index contributed by atoms with van der Waals surface area (Å²) >= 11 is 0. The Morgan fingerprint density at radius 1 is 0.931 bits per heavy atom. The van der Waals surface area contributed by atoms with Gasteiger partial charge in [0.2, 0.25) is 0 Å². The summed E-state index contributed by atoms with van der Waals surface area (Å²) in [5, 5.41) is 10.8. The van der Waals surface area contributed by atoms with Crippen molar-refractivity contribution in [1.29, 1.82) is 0 Å². The molecule has 2 saturated heterocycles. The van der Waals surface area contributed by atoms with Crippen LogP contribution in [0.1, 0.15) is 18.1 Å². The SMILES string of the molecule is CC1OC2C(OCc3ccccc3)[C@H](O)C(C(=O)OCc3ccccc3)O[C@@H]2O1. The smallest absolute Gasteiger partial charge is 0.338 e. The number of aliphatic hydroxyl groups excluding tert-OH is 1. The van der Waals surface area contributed by atoms with Crippen molar-refractivity contribution in [3.05, 3.63) is 71.8 Å². The normalized spacial score (nSPS) is 31.2. The van der Waals surface area contributed by atoms with Gasteiger partial charge in [0.25, 0.3) is 0 Å². The van der Waals surface area contributed by atoms with E-state index in [0.29, 0.717) is 0 Å². The second-order valence-corrected chi connectivity index (χ2v) is 7.07. The monoisotopic (exact) mass is 400 g/mol. The molecule has 7 nitrogen and oxygen atoms in total.